The molecule has 1 heterocycles. The van der Waals surface area contributed by atoms with Gasteiger partial charge in [0.2, 0.25) is 11.8 Å². The van der Waals surface area contributed by atoms with Crippen LogP contribution in [0, 0.1) is 11.6 Å². The van der Waals surface area contributed by atoms with Crippen LogP contribution in [0.1, 0.15) is 12.0 Å². The number of halogens is 2. The maximum Gasteiger partial charge on any atom is 0.237 e. The fraction of sp³-hybridized carbons (Fsp3) is 0.500. The van der Waals surface area contributed by atoms with Crippen molar-refractivity contribution in [2.24, 2.45) is 0 Å². The van der Waals surface area contributed by atoms with Crippen molar-refractivity contribution in [3.63, 3.8) is 0 Å². The fourth-order valence-corrected chi connectivity index (χ4v) is 2.59. The van der Waals surface area contributed by atoms with E-state index in [9.17, 15) is 18.4 Å². The van der Waals surface area contributed by atoms with E-state index >= 15 is 0 Å². The lowest BCUT2D eigenvalue weighted by Gasteiger charge is -2.34. The van der Waals surface area contributed by atoms with Gasteiger partial charge in [-0.2, -0.15) is 0 Å². The number of methoxy groups -OCH3 is 1. The zero-order valence-electron chi connectivity index (χ0n) is 13.5. The Hall–Kier alpha value is -2.06. The second kappa shape index (κ2) is 8.70. The molecule has 1 aliphatic heterocycles. The van der Waals surface area contributed by atoms with E-state index in [4.69, 9.17) is 4.74 Å². The van der Waals surface area contributed by atoms with E-state index in [1.165, 1.54) is 13.2 Å². The molecule has 0 aromatic heterocycles. The first-order valence-electron chi connectivity index (χ1n) is 7.72. The molecule has 0 bridgehead atoms. The summed E-state index contributed by atoms with van der Waals surface area (Å²) >= 11 is 0. The molecule has 24 heavy (non-hydrogen) atoms. The average molecular weight is 341 g/mol. The van der Waals surface area contributed by atoms with Gasteiger partial charge in [0.05, 0.1) is 19.1 Å². The first kappa shape index (κ1) is 18.3. The molecular formula is C16H21F2N3O3. The van der Waals surface area contributed by atoms with Crippen molar-refractivity contribution < 1.29 is 23.1 Å². The van der Waals surface area contributed by atoms with Gasteiger partial charge in [-0.3, -0.25) is 14.5 Å². The van der Waals surface area contributed by atoms with Crippen LogP contribution in [0.3, 0.4) is 0 Å². The van der Waals surface area contributed by atoms with Crippen LogP contribution < -0.4 is 10.6 Å². The highest BCUT2D eigenvalue weighted by Crippen LogP contribution is 2.16. The molecule has 1 atom stereocenters. The SMILES string of the molecule is COCCNC(=O)C[C@@H]1C(=O)NCCN1Cc1ccc(F)c(F)c1. The summed E-state index contributed by atoms with van der Waals surface area (Å²) in [4.78, 5) is 25.8. The molecule has 1 aromatic carbocycles. The lowest BCUT2D eigenvalue weighted by atomic mass is 10.1. The van der Waals surface area contributed by atoms with E-state index in [-0.39, 0.29) is 24.8 Å². The lowest BCUT2D eigenvalue weighted by Crippen LogP contribution is -2.56. The van der Waals surface area contributed by atoms with Gasteiger partial charge in [0.15, 0.2) is 11.6 Å². The van der Waals surface area contributed by atoms with Crippen molar-refractivity contribution in [3.05, 3.63) is 35.4 Å². The van der Waals surface area contributed by atoms with Gasteiger partial charge >= 0.3 is 0 Å². The van der Waals surface area contributed by atoms with E-state index in [1.807, 2.05) is 0 Å². The van der Waals surface area contributed by atoms with Crippen molar-refractivity contribution >= 4 is 11.8 Å². The molecule has 132 valence electrons. The van der Waals surface area contributed by atoms with Crippen LogP contribution >= 0.6 is 0 Å². The molecular weight excluding hydrogens is 320 g/mol. The molecule has 1 fully saturated rings. The number of carbonyl (C=O) groups is 2. The standard InChI is InChI=1S/C16H21F2N3O3/c1-24-7-5-19-15(22)9-14-16(23)20-4-6-21(14)10-11-2-3-12(17)13(18)8-11/h2-3,8,14H,4-7,9-10H2,1H3,(H,19,22)(H,20,23)/t14-/m1/s1. The van der Waals surface area contributed by atoms with Crippen LogP contribution in [-0.4, -0.2) is 56.1 Å². The van der Waals surface area contributed by atoms with Gasteiger partial charge < -0.3 is 15.4 Å². The van der Waals surface area contributed by atoms with Crippen LogP contribution in [0.4, 0.5) is 8.78 Å². The number of rotatable bonds is 7. The normalized spacial score (nSPS) is 18.3. The van der Waals surface area contributed by atoms with Gasteiger partial charge in [-0.05, 0) is 17.7 Å². The van der Waals surface area contributed by atoms with Gasteiger partial charge in [-0.15, -0.1) is 0 Å². The summed E-state index contributed by atoms with van der Waals surface area (Å²) in [6, 6.07) is 2.99. The molecule has 2 amide bonds. The van der Waals surface area contributed by atoms with Gasteiger partial charge in [0.25, 0.3) is 0 Å². The van der Waals surface area contributed by atoms with Crippen LogP contribution in [0.5, 0.6) is 0 Å². The van der Waals surface area contributed by atoms with Gasteiger partial charge in [-0.1, -0.05) is 6.07 Å². The van der Waals surface area contributed by atoms with Crippen molar-refractivity contribution in [1.29, 1.82) is 0 Å². The summed E-state index contributed by atoms with van der Waals surface area (Å²) in [7, 11) is 1.53. The van der Waals surface area contributed by atoms with Gasteiger partial charge in [0, 0.05) is 33.3 Å². The van der Waals surface area contributed by atoms with E-state index in [2.05, 4.69) is 10.6 Å². The molecule has 2 N–H and O–H groups in total. The molecule has 1 aliphatic rings. The Bertz CT molecular complexity index is 598. The molecule has 0 spiro atoms. The average Bonchev–Trinajstić information content (AvgIpc) is 2.54. The lowest BCUT2D eigenvalue weighted by molar-refractivity contribution is -0.134. The number of piperazine rings is 1. The summed E-state index contributed by atoms with van der Waals surface area (Å²) < 4.78 is 31.2. The number of ether oxygens (including phenoxy) is 1. The van der Waals surface area contributed by atoms with Gasteiger partial charge in [0.1, 0.15) is 0 Å². The number of hydrogen-bond acceptors (Lipinski definition) is 4. The smallest absolute Gasteiger partial charge is 0.237 e. The topological polar surface area (TPSA) is 70.7 Å². The first-order chi connectivity index (χ1) is 11.5. The Labute approximate surface area is 139 Å². The molecule has 0 aliphatic carbocycles. The number of carbonyl (C=O) groups excluding carboxylic acids is 2. The Morgan fingerprint density at radius 3 is 2.92 bits per heavy atom. The molecule has 1 saturated heterocycles. The second-order valence-electron chi connectivity index (χ2n) is 5.57. The third-order valence-electron chi connectivity index (χ3n) is 3.82. The predicted octanol–water partition coefficient (Wildman–Crippen LogP) is 0.418. The summed E-state index contributed by atoms with van der Waals surface area (Å²) in [6.45, 7) is 2.00. The highest BCUT2D eigenvalue weighted by atomic mass is 19.2. The van der Waals surface area contributed by atoms with E-state index in [1.54, 1.807) is 4.90 Å². The van der Waals surface area contributed by atoms with Crippen LogP contribution in [0.2, 0.25) is 0 Å². The summed E-state index contributed by atoms with van der Waals surface area (Å²) in [5.41, 5.74) is 0.549. The Morgan fingerprint density at radius 2 is 2.21 bits per heavy atom. The minimum atomic E-state index is -0.928. The molecule has 2 rings (SSSR count). The maximum atomic E-state index is 13.3. The maximum absolute atomic E-state index is 13.3. The molecule has 0 radical (unpaired) electrons. The molecule has 6 nitrogen and oxygen atoms in total. The van der Waals surface area contributed by atoms with Crippen LogP contribution in [0.15, 0.2) is 18.2 Å². The summed E-state index contributed by atoms with van der Waals surface area (Å²) in [6.07, 6.45) is -0.000769. The highest BCUT2D eigenvalue weighted by Gasteiger charge is 2.31. The van der Waals surface area contributed by atoms with E-state index in [0.29, 0.717) is 31.8 Å². The van der Waals surface area contributed by atoms with Crippen LogP contribution in [0.25, 0.3) is 0 Å². The zero-order valence-corrected chi connectivity index (χ0v) is 13.5. The predicted molar refractivity (Wildman–Crippen MR) is 83.1 cm³/mol. The Morgan fingerprint density at radius 1 is 1.42 bits per heavy atom. The van der Waals surface area contributed by atoms with Gasteiger partial charge in [-0.25, -0.2) is 8.78 Å². The minimum absolute atomic E-state index is 0.000769. The van der Waals surface area contributed by atoms with Crippen molar-refractivity contribution in [2.75, 3.05) is 33.4 Å². The fourth-order valence-electron chi connectivity index (χ4n) is 2.59. The number of nitrogens with zero attached hydrogens (tertiary/aromatic N) is 1. The summed E-state index contributed by atoms with van der Waals surface area (Å²) in [5.74, 6) is -2.35. The quantitative estimate of drug-likeness (QED) is 0.705. The van der Waals surface area contributed by atoms with Crippen LogP contribution in [-0.2, 0) is 20.9 Å². The van der Waals surface area contributed by atoms with Crippen molar-refractivity contribution in [1.82, 2.24) is 15.5 Å². The number of amides is 2. The van der Waals surface area contributed by atoms with Crippen molar-refractivity contribution in [3.8, 4) is 0 Å². The molecule has 1 aromatic rings. The second-order valence-corrected chi connectivity index (χ2v) is 5.57. The monoisotopic (exact) mass is 341 g/mol. The minimum Gasteiger partial charge on any atom is -0.383 e. The summed E-state index contributed by atoms with van der Waals surface area (Å²) in [5, 5.41) is 5.39. The number of hydrogen-bond donors (Lipinski definition) is 2. The molecule has 0 saturated carbocycles. The van der Waals surface area contributed by atoms with Crippen molar-refractivity contribution in [2.45, 2.75) is 19.0 Å². The van der Waals surface area contributed by atoms with E-state index < -0.39 is 17.7 Å². The highest BCUT2D eigenvalue weighted by molar-refractivity contribution is 5.88. The van der Waals surface area contributed by atoms with E-state index in [0.717, 1.165) is 12.1 Å². The number of benzene rings is 1. The largest absolute Gasteiger partial charge is 0.383 e. The third-order valence-corrected chi connectivity index (χ3v) is 3.82. The third kappa shape index (κ3) is 4.97. The molecule has 8 heteroatoms. The Balaban J connectivity index is 2.01. The number of nitrogens with one attached hydrogen (secondary N) is 2. The Kier molecular flexibility index (Phi) is 6.62. The zero-order chi connectivity index (χ0) is 17.5. The molecule has 0 unspecified atom stereocenters. The first-order valence-corrected chi connectivity index (χ1v) is 7.72.